The lowest BCUT2D eigenvalue weighted by atomic mass is 10.2. The Morgan fingerprint density at radius 1 is 1.43 bits per heavy atom. The molecule has 0 bridgehead atoms. The summed E-state index contributed by atoms with van der Waals surface area (Å²) in [6.45, 7) is 4.90. The predicted molar refractivity (Wildman–Crippen MR) is 88.2 cm³/mol. The van der Waals surface area contributed by atoms with Crippen LogP contribution < -0.4 is 5.32 Å². The van der Waals surface area contributed by atoms with Crippen LogP contribution >= 0.6 is 24.0 Å². The zero-order chi connectivity index (χ0) is 14.1. The van der Waals surface area contributed by atoms with Crippen molar-refractivity contribution in [2.45, 2.75) is 19.5 Å². The van der Waals surface area contributed by atoms with E-state index < -0.39 is 0 Å². The number of fused-ring (bicyclic) bond motifs is 1. The first-order valence-corrected chi connectivity index (χ1v) is 7.27. The van der Waals surface area contributed by atoms with E-state index in [0.717, 1.165) is 30.5 Å². The summed E-state index contributed by atoms with van der Waals surface area (Å²) in [6, 6.07) is 8.13. The SMILES string of the molecule is C[C@@H]1CN(C(=O)Cn2ccc3ccc(Cl)cc32)CCN1.Cl. The second-order valence-corrected chi connectivity index (χ2v) is 5.78. The summed E-state index contributed by atoms with van der Waals surface area (Å²) in [5.41, 5.74) is 1.01. The molecule has 1 N–H and O–H groups in total. The van der Waals surface area contributed by atoms with Crippen LogP contribution in [-0.4, -0.2) is 41.1 Å². The highest BCUT2D eigenvalue weighted by molar-refractivity contribution is 6.31. The van der Waals surface area contributed by atoms with Gasteiger partial charge in [-0.2, -0.15) is 0 Å². The number of carbonyl (C=O) groups excluding carboxylic acids is 1. The van der Waals surface area contributed by atoms with E-state index in [2.05, 4.69) is 12.2 Å². The van der Waals surface area contributed by atoms with Gasteiger partial charge in [-0.25, -0.2) is 0 Å². The molecule has 0 saturated carbocycles. The van der Waals surface area contributed by atoms with Gasteiger partial charge in [-0.05, 0) is 30.5 Å². The summed E-state index contributed by atoms with van der Waals surface area (Å²) >= 11 is 6.03. The van der Waals surface area contributed by atoms with Crippen molar-refractivity contribution >= 4 is 40.8 Å². The predicted octanol–water partition coefficient (Wildman–Crippen LogP) is 2.54. The van der Waals surface area contributed by atoms with Crippen LogP contribution in [0.3, 0.4) is 0 Å². The van der Waals surface area contributed by atoms with E-state index in [1.807, 2.05) is 39.9 Å². The molecular formula is C15H19Cl2N3O. The van der Waals surface area contributed by atoms with Gasteiger partial charge in [0.05, 0.1) is 0 Å². The maximum atomic E-state index is 12.4. The lowest BCUT2D eigenvalue weighted by Crippen LogP contribution is -2.52. The number of hydrogen-bond acceptors (Lipinski definition) is 2. The molecule has 2 heterocycles. The van der Waals surface area contributed by atoms with Crippen LogP contribution in [0.15, 0.2) is 30.5 Å². The zero-order valence-electron chi connectivity index (χ0n) is 11.9. The maximum Gasteiger partial charge on any atom is 0.242 e. The van der Waals surface area contributed by atoms with Crippen LogP contribution in [0.25, 0.3) is 10.9 Å². The average molecular weight is 328 g/mol. The summed E-state index contributed by atoms with van der Waals surface area (Å²) in [7, 11) is 0. The number of halogens is 2. The number of rotatable bonds is 2. The lowest BCUT2D eigenvalue weighted by molar-refractivity contribution is -0.132. The molecular weight excluding hydrogens is 309 g/mol. The van der Waals surface area contributed by atoms with Gasteiger partial charge >= 0.3 is 0 Å². The first-order valence-electron chi connectivity index (χ1n) is 6.89. The van der Waals surface area contributed by atoms with E-state index in [1.54, 1.807) is 0 Å². The van der Waals surface area contributed by atoms with Crippen molar-refractivity contribution in [1.29, 1.82) is 0 Å². The van der Waals surface area contributed by atoms with E-state index in [0.29, 0.717) is 17.6 Å². The fraction of sp³-hybridized carbons (Fsp3) is 0.400. The molecule has 1 atom stereocenters. The third kappa shape index (κ3) is 3.51. The third-order valence-electron chi connectivity index (χ3n) is 3.76. The minimum atomic E-state index is 0. The van der Waals surface area contributed by atoms with Crippen LogP contribution in [0.2, 0.25) is 5.02 Å². The molecule has 4 nitrogen and oxygen atoms in total. The molecule has 114 valence electrons. The van der Waals surface area contributed by atoms with E-state index >= 15 is 0 Å². The smallest absolute Gasteiger partial charge is 0.242 e. The van der Waals surface area contributed by atoms with Gasteiger partial charge in [-0.1, -0.05) is 17.7 Å². The molecule has 21 heavy (non-hydrogen) atoms. The number of nitrogens with one attached hydrogen (secondary N) is 1. The van der Waals surface area contributed by atoms with Gasteiger partial charge in [0.15, 0.2) is 0 Å². The highest BCUT2D eigenvalue weighted by Gasteiger charge is 2.20. The molecule has 6 heteroatoms. The van der Waals surface area contributed by atoms with Crippen LogP contribution in [0.4, 0.5) is 0 Å². The molecule has 0 radical (unpaired) electrons. The molecule has 3 rings (SSSR count). The lowest BCUT2D eigenvalue weighted by Gasteiger charge is -2.32. The largest absolute Gasteiger partial charge is 0.338 e. The summed E-state index contributed by atoms with van der Waals surface area (Å²) < 4.78 is 1.97. The van der Waals surface area contributed by atoms with Crippen LogP contribution in [0, 0.1) is 0 Å². The Hall–Kier alpha value is -1.23. The Bertz CT molecular complexity index is 641. The summed E-state index contributed by atoms with van der Waals surface area (Å²) in [5, 5.41) is 5.15. The number of amides is 1. The van der Waals surface area contributed by atoms with E-state index in [-0.39, 0.29) is 18.3 Å². The molecule has 1 amide bonds. The number of aromatic nitrogens is 1. The first-order chi connectivity index (χ1) is 9.63. The summed E-state index contributed by atoms with van der Waals surface area (Å²) in [5.74, 6) is 0.163. The van der Waals surface area contributed by atoms with Crippen molar-refractivity contribution in [1.82, 2.24) is 14.8 Å². The molecule has 0 unspecified atom stereocenters. The van der Waals surface area contributed by atoms with E-state index in [4.69, 9.17) is 11.6 Å². The maximum absolute atomic E-state index is 12.4. The van der Waals surface area contributed by atoms with Crippen molar-refractivity contribution < 1.29 is 4.79 Å². The second kappa shape index (κ2) is 6.69. The van der Waals surface area contributed by atoms with Crippen LogP contribution in [-0.2, 0) is 11.3 Å². The van der Waals surface area contributed by atoms with Crippen molar-refractivity contribution in [2.24, 2.45) is 0 Å². The topological polar surface area (TPSA) is 37.3 Å². The molecule has 1 aliphatic heterocycles. The Morgan fingerprint density at radius 3 is 3.00 bits per heavy atom. The van der Waals surface area contributed by atoms with Gasteiger partial charge in [-0.15, -0.1) is 12.4 Å². The number of benzene rings is 1. The summed E-state index contributed by atoms with van der Waals surface area (Å²) in [6.07, 6.45) is 1.95. The van der Waals surface area contributed by atoms with Crippen LogP contribution in [0.1, 0.15) is 6.92 Å². The number of carbonyl (C=O) groups is 1. The Morgan fingerprint density at radius 2 is 2.24 bits per heavy atom. The molecule has 1 aliphatic rings. The Kier molecular flexibility index (Phi) is 5.14. The normalized spacial score (nSPS) is 18.6. The second-order valence-electron chi connectivity index (χ2n) is 5.34. The van der Waals surface area contributed by atoms with Gasteiger partial charge in [0, 0.05) is 42.4 Å². The van der Waals surface area contributed by atoms with E-state index in [9.17, 15) is 4.79 Å². The molecule has 1 fully saturated rings. The fourth-order valence-electron chi connectivity index (χ4n) is 2.70. The highest BCUT2D eigenvalue weighted by atomic mass is 35.5. The number of nitrogens with zero attached hydrogens (tertiary/aromatic N) is 2. The van der Waals surface area contributed by atoms with Gasteiger partial charge in [0.25, 0.3) is 0 Å². The van der Waals surface area contributed by atoms with E-state index in [1.165, 1.54) is 0 Å². The van der Waals surface area contributed by atoms with Crippen molar-refractivity contribution in [2.75, 3.05) is 19.6 Å². The van der Waals surface area contributed by atoms with Crippen molar-refractivity contribution in [3.63, 3.8) is 0 Å². The van der Waals surface area contributed by atoms with Crippen molar-refractivity contribution in [3.05, 3.63) is 35.5 Å². The molecule has 0 aliphatic carbocycles. The minimum Gasteiger partial charge on any atom is -0.338 e. The molecule has 0 spiro atoms. The van der Waals surface area contributed by atoms with Gasteiger partial charge in [0.1, 0.15) is 6.54 Å². The molecule has 1 aromatic heterocycles. The fourth-order valence-corrected chi connectivity index (χ4v) is 2.87. The van der Waals surface area contributed by atoms with Gasteiger partial charge < -0.3 is 14.8 Å². The minimum absolute atomic E-state index is 0. The number of piperazine rings is 1. The molecule has 1 aromatic carbocycles. The molecule has 2 aromatic rings. The quantitative estimate of drug-likeness (QED) is 0.920. The average Bonchev–Trinajstić information content (AvgIpc) is 2.81. The van der Waals surface area contributed by atoms with Gasteiger partial charge in [0.2, 0.25) is 5.91 Å². The summed E-state index contributed by atoms with van der Waals surface area (Å²) in [4.78, 5) is 14.3. The van der Waals surface area contributed by atoms with Gasteiger partial charge in [-0.3, -0.25) is 4.79 Å². The third-order valence-corrected chi connectivity index (χ3v) is 4.00. The number of hydrogen-bond donors (Lipinski definition) is 1. The Labute approximate surface area is 135 Å². The van der Waals surface area contributed by atoms with Crippen LogP contribution in [0.5, 0.6) is 0 Å². The zero-order valence-corrected chi connectivity index (χ0v) is 13.5. The van der Waals surface area contributed by atoms with Crippen molar-refractivity contribution in [3.8, 4) is 0 Å². The standard InChI is InChI=1S/C15H18ClN3O.ClH/c1-11-9-19(7-5-17-11)15(20)10-18-6-4-12-2-3-13(16)8-14(12)18;/h2-4,6,8,11,17H,5,7,9-10H2,1H3;1H/t11-;/m1./s1. The Balaban J connectivity index is 0.00000161. The first kappa shape index (κ1) is 16.1. The highest BCUT2D eigenvalue weighted by Crippen LogP contribution is 2.20. The molecule has 1 saturated heterocycles. The monoisotopic (exact) mass is 327 g/mol.